The molecule has 0 saturated carbocycles. The standard InChI is InChI=1S/C20H22ClFN2O2/c1-13(23-14(2)25)15-3-6-17(7-4-15)26-18-9-10-24(12-18)16-5-8-20(22)19(21)11-16/h3-8,11,13,18H,9-10,12H2,1-2H3,(H,23,25). The lowest BCUT2D eigenvalue weighted by Crippen LogP contribution is -2.24. The van der Waals surface area contributed by atoms with Gasteiger partial charge < -0.3 is 15.0 Å². The van der Waals surface area contributed by atoms with Crippen LogP contribution in [0.15, 0.2) is 42.5 Å². The van der Waals surface area contributed by atoms with Crippen molar-refractivity contribution in [3.05, 3.63) is 58.9 Å². The first-order valence-corrected chi connectivity index (χ1v) is 9.04. The second-order valence-electron chi connectivity index (χ2n) is 6.56. The minimum absolute atomic E-state index is 0.0354. The number of rotatable bonds is 5. The largest absolute Gasteiger partial charge is 0.489 e. The molecule has 1 heterocycles. The summed E-state index contributed by atoms with van der Waals surface area (Å²) in [5.74, 6) is 0.341. The lowest BCUT2D eigenvalue weighted by molar-refractivity contribution is -0.119. The summed E-state index contributed by atoms with van der Waals surface area (Å²) in [5.41, 5.74) is 1.93. The van der Waals surface area contributed by atoms with Crippen molar-refractivity contribution in [1.82, 2.24) is 5.32 Å². The van der Waals surface area contributed by atoms with Crippen LogP contribution in [0, 0.1) is 5.82 Å². The Balaban J connectivity index is 1.58. The van der Waals surface area contributed by atoms with Gasteiger partial charge in [0, 0.05) is 25.6 Å². The first kappa shape index (κ1) is 18.5. The van der Waals surface area contributed by atoms with Gasteiger partial charge >= 0.3 is 0 Å². The van der Waals surface area contributed by atoms with Crippen molar-refractivity contribution >= 4 is 23.2 Å². The van der Waals surface area contributed by atoms with Gasteiger partial charge in [0.05, 0.1) is 17.6 Å². The highest BCUT2D eigenvalue weighted by Crippen LogP contribution is 2.27. The van der Waals surface area contributed by atoms with Crippen LogP contribution in [0.25, 0.3) is 0 Å². The Bertz CT molecular complexity index is 782. The van der Waals surface area contributed by atoms with Crippen LogP contribution in [0.3, 0.4) is 0 Å². The normalized spacial score (nSPS) is 17.8. The zero-order valence-electron chi connectivity index (χ0n) is 14.8. The van der Waals surface area contributed by atoms with E-state index in [0.717, 1.165) is 36.5 Å². The van der Waals surface area contributed by atoms with Crippen LogP contribution < -0.4 is 15.0 Å². The molecule has 0 aromatic heterocycles. The number of hydrogen-bond acceptors (Lipinski definition) is 3. The molecule has 2 aromatic carbocycles. The Morgan fingerprint density at radius 2 is 2.04 bits per heavy atom. The summed E-state index contributed by atoms with van der Waals surface area (Å²) in [4.78, 5) is 13.3. The van der Waals surface area contributed by atoms with Crippen molar-refractivity contribution in [2.45, 2.75) is 32.4 Å². The molecule has 1 N–H and O–H groups in total. The third-order valence-corrected chi connectivity index (χ3v) is 4.81. The molecule has 2 atom stereocenters. The van der Waals surface area contributed by atoms with Gasteiger partial charge in [-0.05, 0) is 42.8 Å². The van der Waals surface area contributed by atoms with Crippen LogP contribution in [0.5, 0.6) is 5.75 Å². The van der Waals surface area contributed by atoms with E-state index >= 15 is 0 Å². The molecule has 138 valence electrons. The SMILES string of the molecule is CC(=O)NC(C)c1ccc(OC2CCN(c3ccc(F)c(Cl)c3)C2)cc1. The summed E-state index contributed by atoms with van der Waals surface area (Å²) in [6.45, 7) is 5.02. The van der Waals surface area contributed by atoms with E-state index in [1.54, 1.807) is 12.1 Å². The summed E-state index contributed by atoms with van der Waals surface area (Å²) in [5, 5.41) is 3.00. The summed E-state index contributed by atoms with van der Waals surface area (Å²) in [7, 11) is 0. The predicted octanol–water partition coefficient (Wildman–Crippen LogP) is 4.33. The molecular weight excluding hydrogens is 355 g/mol. The number of carbonyl (C=O) groups is 1. The second kappa shape index (κ2) is 7.96. The van der Waals surface area contributed by atoms with Gasteiger partial charge in [-0.2, -0.15) is 0 Å². The van der Waals surface area contributed by atoms with E-state index in [0.29, 0.717) is 0 Å². The molecule has 2 aromatic rings. The van der Waals surface area contributed by atoms with Crippen molar-refractivity contribution in [3.8, 4) is 5.75 Å². The van der Waals surface area contributed by atoms with Gasteiger partial charge in [-0.1, -0.05) is 23.7 Å². The minimum Gasteiger partial charge on any atom is -0.489 e. The van der Waals surface area contributed by atoms with Crippen molar-refractivity contribution < 1.29 is 13.9 Å². The van der Waals surface area contributed by atoms with E-state index in [2.05, 4.69) is 10.2 Å². The first-order valence-electron chi connectivity index (χ1n) is 8.66. The third-order valence-electron chi connectivity index (χ3n) is 4.52. The Hall–Kier alpha value is -2.27. The van der Waals surface area contributed by atoms with Gasteiger partial charge in [0.25, 0.3) is 0 Å². The number of halogens is 2. The second-order valence-corrected chi connectivity index (χ2v) is 6.97. The fraction of sp³-hybridized carbons (Fsp3) is 0.350. The van der Waals surface area contributed by atoms with Crippen LogP contribution in [0.4, 0.5) is 10.1 Å². The van der Waals surface area contributed by atoms with Crippen LogP contribution in [-0.4, -0.2) is 25.1 Å². The number of anilines is 1. The average molecular weight is 377 g/mol. The summed E-state index contributed by atoms with van der Waals surface area (Å²) in [6, 6.07) is 12.5. The lowest BCUT2D eigenvalue weighted by atomic mass is 10.1. The Morgan fingerprint density at radius 3 is 2.69 bits per heavy atom. The molecule has 6 heteroatoms. The number of hydrogen-bond donors (Lipinski definition) is 1. The first-order chi connectivity index (χ1) is 12.4. The maximum absolute atomic E-state index is 13.3. The zero-order valence-corrected chi connectivity index (χ0v) is 15.6. The Kier molecular flexibility index (Phi) is 5.67. The fourth-order valence-electron chi connectivity index (χ4n) is 3.16. The minimum atomic E-state index is -0.406. The number of carbonyl (C=O) groups excluding carboxylic acids is 1. The monoisotopic (exact) mass is 376 g/mol. The predicted molar refractivity (Wildman–Crippen MR) is 101 cm³/mol. The quantitative estimate of drug-likeness (QED) is 0.844. The van der Waals surface area contributed by atoms with E-state index in [4.69, 9.17) is 16.3 Å². The summed E-state index contributed by atoms with van der Waals surface area (Å²) in [6.07, 6.45) is 0.955. The van der Waals surface area contributed by atoms with Gasteiger partial charge in [-0.3, -0.25) is 4.79 Å². The Morgan fingerprint density at radius 1 is 1.31 bits per heavy atom. The molecule has 4 nitrogen and oxygen atoms in total. The van der Waals surface area contributed by atoms with Crippen molar-refractivity contribution in [1.29, 1.82) is 0 Å². The molecule has 1 aliphatic heterocycles. The lowest BCUT2D eigenvalue weighted by Gasteiger charge is -2.20. The van der Waals surface area contributed by atoms with E-state index in [9.17, 15) is 9.18 Å². The molecule has 1 saturated heterocycles. The van der Waals surface area contributed by atoms with E-state index in [1.807, 2.05) is 31.2 Å². The van der Waals surface area contributed by atoms with Crippen molar-refractivity contribution in [2.75, 3.05) is 18.0 Å². The average Bonchev–Trinajstić information content (AvgIpc) is 3.06. The van der Waals surface area contributed by atoms with E-state index in [1.165, 1.54) is 13.0 Å². The van der Waals surface area contributed by atoms with Gasteiger partial charge in [-0.25, -0.2) is 4.39 Å². The molecule has 2 unspecified atom stereocenters. The molecule has 1 amide bonds. The fourth-order valence-corrected chi connectivity index (χ4v) is 3.33. The molecular formula is C20H22ClFN2O2. The van der Waals surface area contributed by atoms with Crippen LogP contribution in [0.1, 0.15) is 31.9 Å². The highest BCUT2D eigenvalue weighted by atomic mass is 35.5. The number of nitrogens with one attached hydrogen (secondary N) is 1. The zero-order chi connectivity index (χ0) is 18.7. The van der Waals surface area contributed by atoms with Crippen LogP contribution >= 0.6 is 11.6 Å². The molecule has 0 bridgehead atoms. The van der Waals surface area contributed by atoms with Gasteiger partial charge in [0.1, 0.15) is 17.7 Å². The number of nitrogens with zero attached hydrogens (tertiary/aromatic N) is 1. The number of amides is 1. The van der Waals surface area contributed by atoms with Gasteiger partial charge in [-0.15, -0.1) is 0 Å². The molecule has 0 spiro atoms. The highest BCUT2D eigenvalue weighted by Gasteiger charge is 2.24. The highest BCUT2D eigenvalue weighted by molar-refractivity contribution is 6.31. The maximum atomic E-state index is 13.3. The van der Waals surface area contributed by atoms with E-state index < -0.39 is 5.82 Å². The molecule has 1 fully saturated rings. The smallest absolute Gasteiger partial charge is 0.217 e. The number of ether oxygens (including phenoxy) is 1. The molecule has 1 aliphatic rings. The molecule has 26 heavy (non-hydrogen) atoms. The molecule has 3 rings (SSSR count). The third kappa shape index (κ3) is 4.47. The van der Waals surface area contributed by atoms with Crippen molar-refractivity contribution in [3.63, 3.8) is 0 Å². The number of benzene rings is 2. The summed E-state index contributed by atoms with van der Waals surface area (Å²) < 4.78 is 19.4. The molecule has 0 radical (unpaired) electrons. The Labute approximate surface area is 157 Å². The van der Waals surface area contributed by atoms with E-state index in [-0.39, 0.29) is 23.1 Å². The summed E-state index contributed by atoms with van der Waals surface area (Å²) >= 11 is 5.87. The van der Waals surface area contributed by atoms with Crippen molar-refractivity contribution in [2.24, 2.45) is 0 Å². The van der Waals surface area contributed by atoms with Crippen LogP contribution in [-0.2, 0) is 4.79 Å². The molecule has 0 aliphatic carbocycles. The van der Waals surface area contributed by atoms with Crippen LogP contribution in [0.2, 0.25) is 5.02 Å². The topological polar surface area (TPSA) is 41.6 Å². The van der Waals surface area contributed by atoms with Gasteiger partial charge in [0.15, 0.2) is 0 Å². The van der Waals surface area contributed by atoms with Gasteiger partial charge in [0.2, 0.25) is 5.91 Å². The maximum Gasteiger partial charge on any atom is 0.217 e.